The maximum absolute atomic E-state index is 12.9. The van der Waals surface area contributed by atoms with Gasteiger partial charge in [0.25, 0.3) is 11.8 Å². The lowest BCUT2D eigenvalue weighted by Crippen LogP contribution is -2.44. The second-order valence-corrected chi connectivity index (χ2v) is 6.82. The van der Waals surface area contributed by atoms with Gasteiger partial charge in [-0.05, 0) is 17.7 Å². The molecule has 0 N–H and O–H groups in total. The van der Waals surface area contributed by atoms with Crippen molar-refractivity contribution in [3.8, 4) is 0 Å². The summed E-state index contributed by atoms with van der Waals surface area (Å²) in [6, 6.07) is 13.5. The molecule has 8 heteroatoms. The third-order valence-corrected chi connectivity index (χ3v) is 5.06. The Labute approximate surface area is 158 Å². The number of fused-ring (bicyclic) bond motifs is 1. The summed E-state index contributed by atoms with van der Waals surface area (Å²) in [5.41, 5.74) is 0.862. The number of imide groups is 1. The molecule has 28 heavy (non-hydrogen) atoms. The number of alkyl halides is 3. The van der Waals surface area contributed by atoms with Crippen LogP contribution in [0.15, 0.2) is 54.6 Å². The summed E-state index contributed by atoms with van der Waals surface area (Å²) < 4.78 is 38.8. The molecule has 4 rings (SSSR count). The Morgan fingerprint density at radius 1 is 0.857 bits per heavy atom. The fourth-order valence-corrected chi connectivity index (χ4v) is 3.91. The van der Waals surface area contributed by atoms with Crippen LogP contribution in [-0.2, 0) is 4.79 Å². The number of rotatable bonds is 3. The molecule has 0 saturated carbocycles. The Hall–Kier alpha value is -3.16. The highest BCUT2D eigenvalue weighted by molar-refractivity contribution is 6.22. The monoisotopic (exact) mass is 388 g/mol. The highest BCUT2D eigenvalue weighted by atomic mass is 19.4. The SMILES string of the molecule is O=C1[C@@H](c2ccccc2)[C@H](N2C(=O)c3ccccc3C2=O)CN1CC(F)(F)F. The molecule has 5 nitrogen and oxygen atoms in total. The third-order valence-electron chi connectivity index (χ3n) is 5.06. The van der Waals surface area contributed by atoms with Crippen LogP contribution in [0.25, 0.3) is 0 Å². The quantitative estimate of drug-likeness (QED) is 0.760. The number of halogens is 3. The molecule has 2 aromatic rings. The van der Waals surface area contributed by atoms with Gasteiger partial charge in [0.1, 0.15) is 6.54 Å². The lowest BCUT2D eigenvalue weighted by molar-refractivity contribution is -0.157. The second kappa shape index (κ2) is 6.47. The van der Waals surface area contributed by atoms with Crippen LogP contribution in [-0.4, -0.2) is 52.8 Å². The van der Waals surface area contributed by atoms with E-state index in [2.05, 4.69) is 0 Å². The molecule has 0 aliphatic carbocycles. The first-order valence-corrected chi connectivity index (χ1v) is 8.65. The maximum atomic E-state index is 12.9. The molecule has 2 atom stereocenters. The minimum Gasteiger partial charge on any atom is -0.331 e. The molecule has 1 fully saturated rings. The highest BCUT2D eigenvalue weighted by Crippen LogP contribution is 2.37. The van der Waals surface area contributed by atoms with E-state index in [0.717, 1.165) is 4.90 Å². The molecule has 144 valence electrons. The standard InChI is InChI=1S/C20H15F3N2O3/c21-20(22,23)11-24-10-15(16(19(24)28)12-6-2-1-3-7-12)25-17(26)13-8-4-5-9-14(13)18(25)27/h1-9,15-16H,10-11H2/t15-,16+/m1/s1. The second-order valence-electron chi connectivity index (χ2n) is 6.82. The third kappa shape index (κ3) is 2.94. The van der Waals surface area contributed by atoms with Crippen molar-refractivity contribution >= 4 is 17.7 Å². The number of hydrogen-bond donors (Lipinski definition) is 0. The Balaban J connectivity index is 1.75. The zero-order chi connectivity index (χ0) is 20.1. The van der Waals surface area contributed by atoms with Crippen molar-refractivity contribution in [3.63, 3.8) is 0 Å². The van der Waals surface area contributed by atoms with Crippen molar-refractivity contribution in [3.05, 3.63) is 71.3 Å². The van der Waals surface area contributed by atoms with Crippen LogP contribution in [0.3, 0.4) is 0 Å². The first-order valence-electron chi connectivity index (χ1n) is 8.65. The normalized spacial score (nSPS) is 22.2. The first kappa shape index (κ1) is 18.2. The van der Waals surface area contributed by atoms with Crippen molar-refractivity contribution in [2.75, 3.05) is 13.1 Å². The van der Waals surface area contributed by atoms with Gasteiger partial charge in [-0.15, -0.1) is 0 Å². The van der Waals surface area contributed by atoms with E-state index in [1.165, 1.54) is 12.1 Å². The summed E-state index contributed by atoms with van der Waals surface area (Å²) in [5, 5.41) is 0. The van der Waals surface area contributed by atoms with Crippen LogP contribution in [0.1, 0.15) is 32.2 Å². The van der Waals surface area contributed by atoms with E-state index in [9.17, 15) is 27.6 Å². The van der Waals surface area contributed by atoms with Crippen LogP contribution >= 0.6 is 0 Å². The summed E-state index contributed by atoms with van der Waals surface area (Å²) >= 11 is 0. The first-order chi connectivity index (χ1) is 13.3. The average molecular weight is 388 g/mol. The Morgan fingerprint density at radius 3 is 1.93 bits per heavy atom. The largest absolute Gasteiger partial charge is 0.406 e. The number of likely N-dealkylation sites (tertiary alicyclic amines) is 1. The Kier molecular flexibility index (Phi) is 4.21. The molecule has 2 heterocycles. The van der Waals surface area contributed by atoms with Gasteiger partial charge in [0.15, 0.2) is 0 Å². The topological polar surface area (TPSA) is 57.7 Å². The smallest absolute Gasteiger partial charge is 0.331 e. The number of carbonyl (C=O) groups is 3. The molecule has 0 radical (unpaired) electrons. The van der Waals surface area contributed by atoms with Crippen molar-refractivity contribution in [2.45, 2.75) is 18.1 Å². The fourth-order valence-electron chi connectivity index (χ4n) is 3.91. The zero-order valence-corrected chi connectivity index (χ0v) is 14.5. The molecular weight excluding hydrogens is 373 g/mol. The van der Waals surface area contributed by atoms with Gasteiger partial charge in [-0.1, -0.05) is 42.5 Å². The fraction of sp³-hybridized carbons (Fsp3) is 0.250. The van der Waals surface area contributed by atoms with Gasteiger partial charge in [0.05, 0.1) is 23.1 Å². The van der Waals surface area contributed by atoms with E-state index in [0.29, 0.717) is 10.5 Å². The summed E-state index contributed by atoms with van der Waals surface area (Å²) in [6.07, 6.45) is -4.58. The van der Waals surface area contributed by atoms with E-state index in [-0.39, 0.29) is 17.7 Å². The van der Waals surface area contributed by atoms with E-state index < -0.39 is 42.4 Å². The van der Waals surface area contributed by atoms with Gasteiger partial charge >= 0.3 is 6.18 Å². The van der Waals surface area contributed by atoms with Gasteiger partial charge in [0.2, 0.25) is 5.91 Å². The molecule has 0 unspecified atom stereocenters. The van der Waals surface area contributed by atoms with Gasteiger partial charge in [-0.3, -0.25) is 19.3 Å². The van der Waals surface area contributed by atoms with Gasteiger partial charge < -0.3 is 4.90 Å². The predicted octanol–water partition coefficient (Wildman–Crippen LogP) is 2.84. The molecule has 0 spiro atoms. The van der Waals surface area contributed by atoms with Crippen molar-refractivity contribution in [1.29, 1.82) is 0 Å². The number of benzene rings is 2. The van der Waals surface area contributed by atoms with Crippen LogP contribution < -0.4 is 0 Å². The van der Waals surface area contributed by atoms with Crippen molar-refractivity contribution in [1.82, 2.24) is 9.80 Å². The van der Waals surface area contributed by atoms with E-state index >= 15 is 0 Å². The van der Waals surface area contributed by atoms with E-state index in [1.54, 1.807) is 42.5 Å². The lowest BCUT2D eigenvalue weighted by Gasteiger charge is -2.26. The Morgan fingerprint density at radius 2 is 1.39 bits per heavy atom. The highest BCUT2D eigenvalue weighted by Gasteiger charge is 2.52. The van der Waals surface area contributed by atoms with Crippen LogP contribution in [0.5, 0.6) is 0 Å². The van der Waals surface area contributed by atoms with Crippen LogP contribution in [0.2, 0.25) is 0 Å². The molecule has 0 bridgehead atoms. The van der Waals surface area contributed by atoms with Crippen molar-refractivity contribution < 1.29 is 27.6 Å². The number of carbonyl (C=O) groups excluding carboxylic acids is 3. The predicted molar refractivity (Wildman–Crippen MR) is 92.5 cm³/mol. The minimum atomic E-state index is -4.58. The molecule has 3 amide bonds. The lowest BCUT2D eigenvalue weighted by atomic mass is 9.92. The van der Waals surface area contributed by atoms with Crippen LogP contribution in [0, 0.1) is 0 Å². The van der Waals surface area contributed by atoms with E-state index in [1.807, 2.05) is 0 Å². The zero-order valence-electron chi connectivity index (χ0n) is 14.5. The molecule has 0 aromatic heterocycles. The summed E-state index contributed by atoms with van der Waals surface area (Å²) in [7, 11) is 0. The summed E-state index contributed by atoms with van der Waals surface area (Å²) in [5.74, 6) is -2.96. The van der Waals surface area contributed by atoms with Gasteiger partial charge in [-0.2, -0.15) is 13.2 Å². The van der Waals surface area contributed by atoms with E-state index in [4.69, 9.17) is 0 Å². The molecule has 2 aromatic carbocycles. The maximum Gasteiger partial charge on any atom is 0.406 e. The average Bonchev–Trinajstić information content (AvgIpc) is 3.09. The molecule has 2 aliphatic heterocycles. The van der Waals surface area contributed by atoms with Crippen LogP contribution in [0.4, 0.5) is 13.2 Å². The number of nitrogens with zero attached hydrogens (tertiary/aromatic N) is 2. The number of hydrogen-bond acceptors (Lipinski definition) is 3. The molecule has 2 aliphatic rings. The van der Waals surface area contributed by atoms with Gasteiger partial charge in [0, 0.05) is 6.54 Å². The van der Waals surface area contributed by atoms with Crippen molar-refractivity contribution in [2.24, 2.45) is 0 Å². The molecular formula is C20H15F3N2O3. The van der Waals surface area contributed by atoms with Gasteiger partial charge in [-0.25, -0.2) is 0 Å². The minimum absolute atomic E-state index is 0.195. The molecule has 1 saturated heterocycles. The number of amides is 3. The summed E-state index contributed by atoms with van der Waals surface area (Å²) in [6.45, 7) is -1.78. The summed E-state index contributed by atoms with van der Waals surface area (Å²) in [4.78, 5) is 40.1. The Bertz CT molecular complexity index is 924.